The van der Waals surface area contributed by atoms with Crippen LogP contribution in [0.25, 0.3) is 0 Å². The van der Waals surface area contributed by atoms with Gasteiger partial charge in [0, 0.05) is 12.2 Å². The molecule has 0 aromatic heterocycles. The van der Waals surface area contributed by atoms with Crippen LogP contribution in [-0.4, -0.2) is 11.5 Å². The van der Waals surface area contributed by atoms with E-state index in [4.69, 9.17) is 0 Å². The lowest BCUT2D eigenvalue weighted by molar-refractivity contribution is 1.09. The highest BCUT2D eigenvalue weighted by Gasteiger charge is 1.97. The first-order valence-electron chi connectivity index (χ1n) is 2.03. The van der Waals surface area contributed by atoms with Crippen molar-refractivity contribution < 1.29 is 0 Å². The van der Waals surface area contributed by atoms with E-state index in [2.05, 4.69) is 12.8 Å². The van der Waals surface area contributed by atoms with Crippen molar-refractivity contribution in [3.05, 3.63) is 12.8 Å². The first-order chi connectivity index (χ1) is 3.00. The molecular formula is C5H6S. The quantitative estimate of drug-likeness (QED) is 0.440. The van der Waals surface area contributed by atoms with E-state index in [0.717, 1.165) is 12.2 Å². The molecule has 1 fully saturated rings. The summed E-state index contributed by atoms with van der Waals surface area (Å²) in [7, 11) is 0. The van der Waals surface area contributed by atoms with Crippen LogP contribution in [0.5, 0.6) is 0 Å². The summed E-state index contributed by atoms with van der Waals surface area (Å²) < 4.78 is 0. The van der Waals surface area contributed by atoms with Crippen molar-refractivity contribution in [1.29, 1.82) is 0 Å². The average Bonchev–Trinajstić information content (AvgIpc) is 1.72. The zero-order valence-corrected chi connectivity index (χ0v) is 4.35. The molecule has 0 spiro atoms. The molecule has 6 heavy (non-hydrogen) atoms. The topological polar surface area (TPSA) is 0 Å². The number of rotatable bonds is 0. The highest BCUT2D eigenvalue weighted by atomic mass is 32.2. The van der Waals surface area contributed by atoms with Gasteiger partial charge in [-0.05, 0) is 18.6 Å². The Kier molecular flexibility index (Phi) is 1.89. The average molecular weight is 98.2 g/mol. The SMILES string of the molecule is [C]1[C]CSCC1. The Bertz CT molecular complexity index is 19.4. The summed E-state index contributed by atoms with van der Waals surface area (Å²) in [5.41, 5.74) is 0. The summed E-state index contributed by atoms with van der Waals surface area (Å²) in [6, 6.07) is 0. The summed E-state index contributed by atoms with van der Waals surface area (Å²) in [4.78, 5) is 0. The maximum Gasteiger partial charge on any atom is 0.00137 e. The Labute approximate surface area is 43.3 Å². The van der Waals surface area contributed by atoms with Gasteiger partial charge in [0.15, 0.2) is 0 Å². The summed E-state index contributed by atoms with van der Waals surface area (Å²) in [5, 5.41) is 0. The van der Waals surface area contributed by atoms with Gasteiger partial charge in [0.2, 0.25) is 0 Å². The molecular weight excluding hydrogens is 92.1 g/mol. The maximum atomic E-state index is 3.01. The highest BCUT2D eigenvalue weighted by molar-refractivity contribution is 7.99. The number of thioether (sulfide) groups is 1. The predicted molar refractivity (Wildman–Crippen MR) is 28.4 cm³/mol. The second-order valence-corrected chi connectivity index (χ2v) is 2.26. The van der Waals surface area contributed by atoms with Gasteiger partial charge in [0.25, 0.3) is 0 Å². The molecule has 1 heterocycles. The van der Waals surface area contributed by atoms with Crippen molar-refractivity contribution in [2.45, 2.75) is 6.42 Å². The van der Waals surface area contributed by atoms with E-state index in [1.165, 1.54) is 5.75 Å². The minimum absolute atomic E-state index is 1.06. The van der Waals surface area contributed by atoms with E-state index in [1.54, 1.807) is 0 Å². The first kappa shape index (κ1) is 4.51. The standard InChI is InChI=1S/C5H6S/c1-2-4-6-5-3-1/h2,4-5H2. The molecule has 0 nitrogen and oxygen atoms in total. The maximum absolute atomic E-state index is 3.01. The van der Waals surface area contributed by atoms with E-state index in [1.807, 2.05) is 11.8 Å². The smallest absolute Gasteiger partial charge is 0.00137 e. The van der Waals surface area contributed by atoms with Gasteiger partial charge in [0.05, 0.1) is 0 Å². The zero-order valence-electron chi connectivity index (χ0n) is 3.53. The molecule has 0 saturated carbocycles. The van der Waals surface area contributed by atoms with Gasteiger partial charge in [-0.2, -0.15) is 11.8 Å². The van der Waals surface area contributed by atoms with Gasteiger partial charge in [-0.3, -0.25) is 0 Å². The van der Waals surface area contributed by atoms with Crippen LogP contribution >= 0.6 is 11.8 Å². The van der Waals surface area contributed by atoms with Crippen molar-refractivity contribution in [1.82, 2.24) is 0 Å². The fourth-order valence-corrected chi connectivity index (χ4v) is 0.981. The lowest BCUT2D eigenvalue weighted by Gasteiger charge is -2.04. The zero-order chi connectivity index (χ0) is 4.24. The van der Waals surface area contributed by atoms with Gasteiger partial charge < -0.3 is 0 Å². The molecule has 0 atom stereocenters. The molecule has 1 saturated heterocycles. The van der Waals surface area contributed by atoms with Crippen LogP contribution in [0.15, 0.2) is 0 Å². The largest absolute Gasteiger partial charge is 0.161 e. The van der Waals surface area contributed by atoms with E-state index in [9.17, 15) is 0 Å². The van der Waals surface area contributed by atoms with E-state index in [-0.39, 0.29) is 0 Å². The van der Waals surface area contributed by atoms with E-state index in [0.29, 0.717) is 0 Å². The molecule has 1 aliphatic rings. The third kappa shape index (κ3) is 1.21. The minimum Gasteiger partial charge on any atom is -0.161 e. The number of hydrogen-bond donors (Lipinski definition) is 0. The van der Waals surface area contributed by atoms with Crippen LogP contribution in [0.3, 0.4) is 0 Å². The first-order valence-corrected chi connectivity index (χ1v) is 3.19. The van der Waals surface area contributed by atoms with Gasteiger partial charge >= 0.3 is 0 Å². The van der Waals surface area contributed by atoms with Crippen molar-refractivity contribution in [2.24, 2.45) is 0 Å². The molecule has 0 amide bonds. The minimum atomic E-state index is 1.06. The lowest BCUT2D eigenvalue weighted by Crippen LogP contribution is -1.93. The van der Waals surface area contributed by atoms with Crippen molar-refractivity contribution >= 4 is 11.8 Å². The van der Waals surface area contributed by atoms with Crippen LogP contribution in [0.4, 0.5) is 0 Å². The Morgan fingerprint density at radius 2 is 2.33 bits per heavy atom. The summed E-state index contributed by atoms with van der Waals surface area (Å²) in [5.74, 6) is 2.30. The van der Waals surface area contributed by atoms with Gasteiger partial charge in [-0.15, -0.1) is 0 Å². The number of hydrogen-bond acceptors (Lipinski definition) is 1. The predicted octanol–water partition coefficient (Wildman–Crippen LogP) is 1.29. The van der Waals surface area contributed by atoms with Crippen LogP contribution in [0, 0.1) is 12.8 Å². The fraction of sp³-hybridized carbons (Fsp3) is 0.600. The molecule has 0 aromatic rings. The van der Waals surface area contributed by atoms with Crippen molar-refractivity contribution in [3.8, 4) is 0 Å². The van der Waals surface area contributed by atoms with Crippen LogP contribution in [0.1, 0.15) is 6.42 Å². The third-order valence-electron chi connectivity index (χ3n) is 0.671. The Morgan fingerprint density at radius 1 is 1.33 bits per heavy atom. The highest BCUT2D eigenvalue weighted by Crippen LogP contribution is 2.13. The summed E-state index contributed by atoms with van der Waals surface area (Å²) >= 11 is 1.92. The van der Waals surface area contributed by atoms with Gasteiger partial charge in [-0.1, -0.05) is 0 Å². The molecule has 32 valence electrons. The van der Waals surface area contributed by atoms with Crippen LogP contribution in [-0.2, 0) is 0 Å². The monoisotopic (exact) mass is 98.0 g/mol. The van der Waals surface area contributed by atoms with E-state index >= 15 is 0 Å². The Morgan fingerprint density at radius 3 is 2.50 bits per heavy atom. The molecule has 0 aromatic carbocycles. The second-order valence-electron chi connectivity index (χ2n) is 1.16. The summed E-state index contributed by atoms with van der Waals surface area (Å²) in [6.07, 6.45) is 7.11. The van der Waals surface area contributed by atoms with Crippen LogP contribution in [0.2, 0.25) is 0 Å². The molecule has 4 radical (unpaired) electrons. The molecule has 0 N–H and O–H groups in total. The van der Waals surface area contributed by atoms with Crippen molar-refractivity contribution in [3.63, 3.8) is 0 Å². The fourth-order valence-electron chi connectivity index (χ4n) is 0.386. The van der Waals surface area contributed by atoms with Crippen LogP contribution < -0.4 is 0 Å². The molecule has 0 aliphatic carbocycles. The summed E-state index contributed by atoms with van der Waals surface area (Å²) in [6.45, 7) is 0. The Hall–Kier alpha value is 0.350. The lowest BCUT2D eigenvalue weighted by atomic mass is 10.3. The molecule has 1 heteroatoms. The molecule has 0 bridgehead atoms. The third-order valence-corrected chi connectivity index (χ3v) is 1.51. The Balaban J connectivity index is 2.00. The van der Waals surface area contributed by atoms with Gasteiger partial charge in [0.1, 0.15) is 0 Å². The normalized spacial score (nSPS) is 24.0. The van der Waals surface area contributed by atoms with Gasteiger partial charge in [-0.25, -0.2) is 0 Å². The second kappa shape index (κ2) is 2.51. The molecule has 1 aliphatic heterocycles. The van der Waals surface area contributed by atoms with Crippen molar-refractivity contribution in [2.75, 3.05) is 11.5 Å². The molecule has 0 unspecified atom stereocenters. The molecule has 1 rings (SSSR count). The van der Waals surface area contributed by atoms with E-state index < -0.39 is 0 Å².